The van der Waals surface area contributed by atoms with Crippen molar-refractivity contribution in [3.63, 3.8) is 0 Å². The van der Waals surface area contributed by atoms with E-state index in [-0.39, 0.29) is 17.0 Å². The highest BCUT2D eigenvalue weighted by Gasteiger charge is 2.33. The fourth-order valence-electron chi connectivity index (χ4n) is 2.25. The smallest absolute Gasteiger partial charge is 0.386 e. The van der Waals surface area contributed by atoms with Crippen molar-refractivity contribution in [2.75, 3.05) is 5.73 Å². The third-order valence-electron chi connectivity index (χ3n) is 3.42. The first-order chi connectivity index (χ1) is 10.8. The monoisotopic (exact) mass is 322 g/mol. The maximum Gasteiger partial charge on any atom is 0.416 e. The molecule has 1 aromatic carbocycles. The van der Waals surface area contributed by atoms with Crippen LogP contribution in [0.5, 0.6) is 0 Å². The molecule has 2 aromatic rings. The van der Waals surface area contributed by atoms with E-state index < -0.39 is 17.9 Å². The van der Waals surface area contributed by atoms with Gasteiger partial charge in [0.2, 0.25) is 5.90 Å². The standard InChI is InChI=1S/C15H13F3N4O/c1-8-2-3-10(6-11(8)15(16,17)18)14-21-13(22-23-14)9-4-5-20-12(19)7-9/h2-7,13,22H,1H3,(H2,19,20). The molecule has 1 aliphatic heterocycles. The van der Waals surface area contributed by atoms with E-state index in [1.165, 1.54) is 25.3 Å². The fraction of sp³-hybridized carbons (Fsp3) is 0.200. The van der Waals surface area contributed by atoms with E-state index in [0.717, 1.165) is 6.07 Å². The summed E-state index contributed by atoms with van der Waals surface area (Å²) in [7, 11) is 0. The normalized spacial score (nSPS) is 17.7. The number of benzene rings is 1. The molecule has 0 spiro atoms. The lowest BCUT2D eigenvalue weighted by molar-refractivity contribution is -0.138. The largest absolute Gasteiger partial charge is 0.416 e. The van der Waals surface area contributed by atoms with E-state index in [1.54, 1.807) is 12.1 Å². The Hall–Kier alpha value is -2.61. The zero-order valence-corrected chi connectivity index (χ0v) is 12.1. The Morgan fingerprint density at radius 2 is 2.00 bits per heavy atom. The van der Waals surface area contributed by atoms with Crippen LogP contribution in [0, 0.1) is 6.92 Å². The van der Waals surface area contributed by atoms with Crippen molar-refractivity contribution in [3.8, 4) is 0 Å². The molecule has 0 saturated heterocycles. The first-order valence-corrected chi connectivity index (χ1v) is 6.74. The van der Waals surface area contributed by atoms with Crippen LogP contribution in [0.25, 0.3) is 0 Å². The van der Waals surface area contributed by atoms with Crippen molar-refractivity contribution in [2.45, 2.75) is 19.3 Å². The lowest BCUT2D eigenvalue weighted by Crippen LogP contribution is -2.15. The number of nitrogens with zero attached hydrogens (tertiary/aromatic N) is 2. The van der Waals surface area contributed by atoms with E-state index >= 15 is 0 Å². The van der Waals surface area contributed by atoms with Gasteiger partial charge in [-0.3, -0.25) is 0 Å². The summed E-state index contributed by atoms with van der Waals surface area (Å²) in [6, 6.07) is 7.26. The average Bonchev–Trinajstić information content (AvgIpc) is 2.96. The minimum Gasteiger partial charge on any atom is -0.386 e. The van der Waals surface area contributed by atoms with Gasteiger partial charge in [-0.1, -0.05) is 6.07 Å². The molecule has 0 aliphatic carbocycles. The maximum atomic E-state index is 13.0. The molecule has 0 bridgehead atoms. The lowest BCUT2D eigenvalue weighted by Gasteiger charge is -2.11. The van der Waals surface area contributed by atoms with Crippen LogP contribution in [0.1, 0.15) is 28.4 Å². The lowest BCUT2D eigenvalue weighted by atomic mass is 10.0. The molecule has 1 aliphatic rings. The third kappa shape index (κ3) is 3.11. The quantitative estimate of drug-likeness (QED) is 0.891. The zero-order valence-electron chi connectivity index (χ0n) is 12.1. The number of aryl methyl sites for hydroxylation is 1. The molecule has 1 aromatic heterocycles. The molecule has 2 heterocycles. The number of pyridine rings is 1. The summed E-state index contributed by atoms with van der Waals surface area (Å²) in [5.41, 5.74) is 8.65. The summed E-state index contributed by atoms with van der Waals surface area (Å²) in [4.78, 5) is 13.4. The van der Waals surface area contributed by atoms with Crippen LogP contribution in [0.15, 0.2) is 41.5 Å². The Balaban J connectivity index is 1.93. The van der Waals surface area contributed by atoms with Crippen LogP contribution in [-0.2, 0) is 11.0 Å². The molecule has 0 fully saturated rings. The van der Waals surface area contributed by atoms with Gasteiger partial charge in [-0.25, -0.2) is 9.98 Å². The van der Waals surface area contributed by atoms with Gasteiger partial charge >= 0.3 is 6.18 Å². The second-order valence-corrected chi connectivity index (χ2v) is 5.10. The van der Waals surface area contributed by atoms with E-state index in [9.17, 15) is 13.2 Å². The van der Waals surface area contributed by atoms with E-state index in [4.69, 9.17) is 10.6 Å². The van der Waals surface area contributed by atoms with Gasteiger partial charge < -0.3 is 10.6 Å². The van der Waals surface area contributed by atoms with Gasteiger partial charge in [-0.15, -0.1) is 5.48 Å². The molecule has 8 heteroatoms. The number of halogens is 3. The molecule has 5 nitrogen and oxygen atoms in total. The molecule has 3 N–H and O–H groups in total. The van der Waals surface area contributed by atoms with E-state index in [2.05, 4.69) is 15.5 Å². The predicted molar refractivity (Wildman–Crippen MR) is 78.3 cm³/mol. The number of hydroxylamine groups is 1. The van der Waals surface area contributed by atoms with Gasteiger partial charge in [0, 0.05) is 11.8 Å². The van der Waals surface area contributed by atoms with Crippen LogP contribution in [0.3, 0.4) is 0 Å². The molecule has 0 saturated carbocycles. The summed E-state index contributed by atoms with van der Waals surface area (Å²) < 4.78 is 39.0. The minimum absolute atomic E-state index is 0.0934. The van der Waals surface area contributed by atoms with Gasteiger partial charge in [-0.05, 0) is 42.3 Å². The molecule has 0 amide bonds. The molecule has 1 atom stereocenters. The SMILES string of the molecule is Cc1ccc(C2=NC(c3ccnc(N)c3)NO2)cc1C(F)(F)F. The second kappa shape index (κ2) is 5.54. The highest BCUT2D eigenvalue weighted by atomic mass is 19.4. The summed E-state index contributed by atoms with van der Waals surface area (Å²) in [6.45, 7) is 1.41. The van der Waals surface area contributed by atoms with Crippen LogP contribution >= 0.6 is 0 Å². The van der Waals surface area contributed by atoms with Gasteiger partial charge in [0.15, 0.2) is 6.17 Å². The molecule has 1 unspecified atom stereocenters. The highest BCUT2D eigenvalue weighted by molar-refractivity contribution is 5.95. The van der Waals surface area contributed by atoms with Crippen LogP contribution in [-0.4, -0.2) is 10.9 Å². The molecule has 23 heavy (non-hydrogen) atoms. The Morgan fingerprint density at radius 3 is 2.70 bits per heavy atom. The maximum absolute atomic E-state index is 13.0. The summed E-state index contributed by atoms with van der Waals surface area (Å²) in [5, 5.41) is 0. The van der Waals surface area contributed by atoms with Gasteiger partial charge in [-0.2, -0.15) is 13.2 Å². The van der Waals surface area contributed by atoms with Crippen molar-refractivity contribution in [1.82, 2.24) is 10.5 Å². The predicted octanol–water partition coefficient (Wildman–Crippen LogP) is 2.97. The number of rotatable bonds is 2. The number of nitrogens with one attached hydrogen (secondary N) is 1. The second-order valence-electron chi connectivity index (χ2n) is 5.10. The van der Waals surface area contributed by atoms with Crippen LogP contribution in [0.2, 0.25) is 0 Å². The average molecular weight is 322 g/mol. The molecular weight excluding hydrogens is 309 g/mol. The molecular formula is C15H13F3N4O. The van der Waals surface area contributed by atoms with E-state index in [1.807, 2.05) is 0 Å². The Morgan fingerprint density at radius 1 is 1.22 bits per heavy atom. The number of hydrogen-bond acceptors (Lipinski definition) is 5. The Kier molecular flexibility index (Phi) is 3.69. The fourth-order valence-corrected chi connectivity index (χ4v) is 2.25. The van der Waals surface area contributed by atoms with Gasteiger partial charge in [0.05, 0.1) is 5.56 Å². The number of anilines is 1. The summed E-state index contributed by atoms with van der Waals surface area (Å²) >= 11 is 0. The van der Waals surface area contributed by atoms with Gasteiger partial charge in [0.25, 0.3) is 0 Å². The minimum atomic E-state index is -4.42. The number of alkyl halides is 3. The topological polar surface area (TPSA) is 72.5 Å². The van der Waals surface area contributed by atoms with Crippen LogP contribution in [0.4, 0.5) is 19.0 Å². The Bertz CT molecular complexity index is 774. The summed E-state index contributed by atoms with van der Waals surface area (Å²) in [5.74, 6) is 0.415. The highest BCUT2D eigenvalue weighted by Crippen LogP contribution is 2.33. The first kappa shape index (κ1) is 15.3. The third-order valence-corrected chi connectivity index (χ3v) is 3.42. The van der Waals surface area contributed by atoms with E-state index in [0.29, 0.717) is 11.4 Å². The summed E-state index contributed by atoms with van der Waals surface area (Å²) in [6.07, 6.45) is -3.45. The van der Waals surface area contributed by atoms with Crippen molar-refractivity contribution < 1.29 is 18.0 Å². The zero-order chi connectivity index (χ0) is 16.6. The van der Waals surface area contributed by atoms with Crippen molar-refractivity contribution in [1.29, 1.82) is 0 Å². The van der Waals surface area contributed by atoms with Gasteiger partial charge in [0.1, 0.15) is 5.82 Å². The van der Waals surface area contributed by atoms with Crippen LogP contribution < -0.4 is 11.2 Å². The number of nitrogens with two attached hydrogens (primary N) is 1. The van der Waals surface area contributed by atoms with Crippen molar-refractivity contribution in [3.05, 3.63) is 58.8 Å². The molecule has 3 rings (SSSR count). The number of aromatic nitrogens is 1. The Labute approximate surface area is 130 Å². The number of nitrogen functional groups attached to an aromatic ring is 1. The van der Waals surface area contributed by atoms with Crippen molar-refractivity contribution >= 4 is 11.7 Å². The first-order valence-electron chi connectivity index (χ1n) is 6.74. The molecule has 120 valence electrons. The number of aliphatic imine (C=N–C) groups is 1. The van der Waals surface area contributed by atoms with Crippen molar-refractivity contribution in [2.24, 2.45) is 4.99 Å². The molecule has 0 radical (unpaired) electrons. The number of hydrogen-bond donors (Lipinski definition) is 2.